The summed E-state index contributed by atoms with van der Waals surface area (Å²) in [5.74, 6) is -1.32. The maximum atomic E-state index is 13.8. The van der Waals surface area contributed by atoms with Crippen molar-refractivity contribution in [3.05, 3.63) is 161 Å². The van der Waals surface area contributed by atoms with Gasteiger partial charge in [-0.1, -0.05) is 78.9 Å². The van der Waals surface area contributed by atoms with Crippen LogP contribution in [0.3, 0.4) is 0 Å². The van der Waals surface area contributed by atoms with Gasteiger partial charge >= 0.3 is 5.97 Å². The minimum Gasteiger partial charge on any atom is -0.497 e. The van der Waals surface area contributed by atoms with Gasteiger partial charge in [0.25, 0.3) is 11.8 Å². The Labute approximate surface area is 288 Å². The Morgan fingerprint density at radius 1 is 0.714 bits per heavy atom. The van der Waals surface area contributed by atoms with Gasteiger partial charge in [-0.15, -0.1) is 11.8 Å². The zero-order valence-corrected chi connectivity index (χ0v) is 27.5. The lowest BCUT2D eigenvalue weighted by molar-refractivity contribution is -0.116. The Bertz CT molecular complexity index is 1980. The normalized spacial score (nSPS) is 11.5. The second-order valence-electron chi connectivity index (χ2n) is 10.6. The Morgan fingerprint density at radius 3 is 2.14 bits per heavy atom. The van der Waals surface area contributed by atoms with Crippen LogP contribution >= 0.6 is 11.8 Å². The van der Waals surface area contributed by atoms with E-state index >= 15 is 0 Å². The molecule has 0 aromatic heterocycles. The van der Waals surface area contributed by atoms with Gasteiger partial charge in [0, 0.05) is 16.1 Å². The van der Waals surface area contributed by atoms with Crippen LogP contribution in [0.15, 0.2) is 144 Å². The van der Waals surface area contributed by atoms with Gasteiger partial charge in [-0.05, 0) is 71.8 Å². The number of amides is 3. The number of nitrogens with one attached hydrogen (secondary N) is 3. The van der Waals surface area contributed by atoms with Gasteiger partial charge in [0.2, 0.25) is 5.91 Å². The van der Waals surface area contributed by atoms with Crippen LogP contribution in [0.25, 0.3) is 6.08 Å². The number of para-hydroxylation sites is 1. The average molecular weight is 672 g/mol. The quantitative estimate of drug-likeness (QED) is 0.0720. The lowest BCUT2D eigenvalue weighted by Gasteiger charge is -2.19. The number of hydrogen-bond donors (Lipinski definition) is 3. The fourth-order valence-corrected chi connectivity index (χ4v) is 5.88. The Hall–Kier alpha value is -6.13. The molecule has 1 unspecified atom stereocenters. The smallest absolute Gasteiger partial charge is 0.339 e. The van der Waals surface area contributed by atoms with Crippen LogP contribution in [0, 0.1) is 0 Å². The molecular formula is C39H33N3O6S. The molecule has 246 valence electrons. The molecule has 0 heterocycles. The van der Waals surface area contributed by atoms with Gasteiger partial charge in [-0.3, -0.25) is 14.4 Å². The van der Waals surface area contributed by atoms with E-state index in [9.17, 15) is 19.2 Å². The monoisotopic (exact) mass is 671 g/mol. The standard InChI is InChI=1S/C39H33N3O6S/c1-47-30-19-11-13-26(23-30)24-34(42-36(43)28-16-7-4-8-17-28)37(44)40-29-18-12-20-31(25-29)49-35(27-14-5-3-6-15-27)38(45)41-33-22-10-9-21-32(33)39(46)48-2/h3-25,35H,1-2H3,(H,40,44)(H,41,45)(H,42,43)/b34-24+. The van der Waals surface area contributed by atoms with E-state index in [0.29, 0.717) is 33.1 Å². The summed E-state index contributed by atoms with van der Waals surface area (Å²) in [4.78, 5) is 53.6. The van der Waals surface area contributed by atoms with E-state index in [1.54, 1.807) is 110 Å². The topological polar surface area (TPSA) is 123 Å². The summed E-state index contributed by atoms with van der Waals surface area (Å²) >= 11 is 1.28. The van der Waals surface area contributed by atoms with Crippen molar-refractivity contribution in [1.82, 2.24) is 5.32 Å². The van der Waals surface area contributed by atoms with E-state index in [0.717, 1.165) is 5.56 Å². The van der Waals surface area contributed by atoms with E-state index in [1.165, 1.54) is 18.9 Å². The van der Waals surface area contributed by atoms with Gasteiger partial charge in [0.15, 0.2) is 0 Å². The largest absolute Gasteiger partial charge is 0.497 e. The van der Waals surface area contributed by atoms with E-state index in [4.69, 9.17) is 9.47 Å². The minimum absolute atomic E-state index is 0.0194. The van der Waals surface area contributed by atoms with Gasteiger partial charge in [-0.25, -0.2) is 4.79 Å². The summed E-state index contributed by atoms with van der Waals surface area (Å²) < 4.78 is 10.2. The van der Waals surface area contributed by atoms with Crippen molar-refractivity contribution in [2.45, 2.75) is 10.1 Å². The van der Waals surface area contributed by atoms with Crippen LogP contribution in [0.5, 0.6) is 5.75 Å². The number of thioether (sulfide) groups is 1. The van der Waals surface area contributed by atoms with E-state index < -0.39 is 23.0 Å². The molecule has 0 radical (unpaired) electrons. The van der Waals surface area contributed by atoms with Crippen LogP contribution in [0.4, 0.5) is 11.4 Å². The Balaban J connectivity index is 1.39. The molecule has 5 rings (SSSR count). The van der Waals surface area contributed by atoms with E-state index in [-0.39, 0.29) is 17.2 Å². The predicted molar refractivity (Wildman–Crippen MR) is 191 cm³/mol. The van der Waals surface area contributed by atoms with Gasteiger partial charge in [0.05, 0.1) is 25.5 Å². The Morgan fingerprint density at radius 2 is 1.41 bits per heavy atom. The van der Waals surface area contributed by atoms with E-state index in [1.807, 2.05) is 36.4 Å². The van der Waals surface area contributed by atoms with Crippen molar-refractivity contribution in [2.75, 3.05) is 24.9 Å². The number of methoxy groups -OCH3 is 2. The van der Waals surface area contributed by atoms with Gasteiger partial charge < -0.3 is 25.4 Å². The predicted octanol–water partition coefficient (Wildman–Crippen LogP) is 7.36. The van der Waals surface area contributed by atoms with Gasteiger partial charge in [-0.2, -0.15) is 0 Å². The maximum absolute atomic E-state index is 13.8. The van der Waals surface area contributed by atoms with E-state index in [2.05, 4.69) is 16.0 Å². The highest BCUT2D eigenvalue weighted by Gasteiger charge is 2.24. The molecule has 10 heteroatoms. The number of anilines is 2. The molecule has 0 aliphatic rings. The third kappa shape index (κ3) is 9.24. The van der Waals surface area contributed by atoms with Crippen molar-refractivity contribution in [3.63, 3.8) is 0 Å². The lowest BCUT2D eigenvalue weighted by Crippen LogP contribution is -2.30. The molecule has 1 atom stereocenters. The van der Waals surface area contributed by atoms with Crippen molar-refractivity contribution >= 4 is 52.9 Å². The van der Waals surface area contributed by atoms with Crippen LogP contribution in [-0.2, 0) is 14.3 Å². The first-order chi connectivity index (χ1) is 23.8. The molecule has 5 aromatic carbocycles. The number of carbonyl (C=O) groups is 4. The molecule has 9 nitrogen and oxygen atoms in total. The highest BCUT2D eigenvalue weighted by molar-refractivity contribution is 8.00. The van der Waals surface area contributed by atoms with Crippen LogP contribution in [0.1, 0.15) is 37.1 Å². The molecule has 49 heavy (non-hydrogen) atoms. The summed E-state index contributed by atoms with van der Waals surface area (Å²) in [5.41, 5.74) is 2.81. The highest BCUT2D eigenvalue weighted by atomic mass is 32.2. The van der Waals surface area contributed by atoms with Crippen molar-refractivity contribution < 1.29 is 28.7 Å². The molecule has 0 fully saturated rings. The highest BCUT2D eigenvalue weighted by Crippen LogP contribution is 2.37. The number of benzene rings is 5. The molecule has 0 saturated carbocycles. The SMILES string of the molecule is COC(=O)c1ccccc1NC(=O)C(Sc1cccc(NC(=O)/C(=C\c2cccc(OC)c2)NC(=O)c2ccccc2)c1)c1ccccc1. The molecule has 0 aliphatic carbocycles. The number of esters is 1. The van der Waals surface area contributed by atoms with Crippen LogP contribution < -0.4 is 20.7 Å². The minimum atomic E-state index is -0.716. The molecule has 5 aromatic rings. The van der Waals surface area contributed by atoms with Crippen LogP contribution in [-0.4, -0.2) is 37.9 Å². The average Bonchev–Trinajstić information content (AvgIpc) is 3.14. The summed E-state index contributed by atoms with van der Waals surface area (Å²) in [6, 6.07) is 38.6. The second kappa shape index (κ2) is 16.6. The summed E-state index contributed by atoms with van der Waals surface area (Å²) in [6.07, 6.45) is 1.57. The molecule has 0 spiro atoms. The molecule has 3 N–H and O–H groups in total. The first-order valence-electron chi connectivity index (χ1n) is 15.2. The molecule has 0 aliphatic heterocycles. The maximum Gasteiger partial charge on any atom is 0.339 e. The number of carbonyl (C=O) groups excluding carboxylic acids is 4. The summed E-state index contributed by atoms with van der Waals surface area (Å²) in [5, 5.41) is 7.78. The zero-order valence-electron chi connectivity index (χ0n) is 26.7. The molecule has 0 bridgehead atoms. The lowest BCUT2D eigenvalue weighted by atomic mass is 10.1. The third-order valence-electron chi connectivity index (χ3n) is 7.21. The number of ether oxygens (including phenoxy) is 2. The van der Waals surface area contributed by atoms with Crippen molar-refractivity contribution in [3.8, 4) is 5.75 Å². The third-order valence-corrected chi connectivity index (χ3v) is 8.46. The zero-order chi connectivity index (χ0) is 34.6. The first kappa shape index (κ1) is 34.2. The van der Waals surface area contributed by atoms with Crippen molar-refractivity contribution in [1.29, 1.82) is 0 Å². The fraction of sp³-hybridized carbons (Fsp3) is 0.0769. The summed E-state index contributed by atoms with van der Waals surface area (Å²) in [7, 11) is 2.83. The molecule has 3 amide bonds. The van der Waals surface area contributed by atoms with Crippen molar-refractivity contribution in [2.24, 2.45) is 0 Å². The molecule has 0 saturated heterocycles. The Kier molecular flexibility index (Phi) is 11.6. The number of hydrogen-bond acceptors (Lipinski definition) is 7. The second-order valence-corrected chi connectivity index (χ2v) is 11.8. The van der Waals surface area contributed by atoms with Crippen LogP contribution in [0.2, 0.25) is 0 Å². The summed E-state index contributed by atoms with van der Waals surface area (Å²) in [6.45, 7) is 0. The van der Waals surface area contributed by atoms with Gasteiger partial charge in [0.1, 0.15) is 16.7 Å². The molecular weight excluding hydrogens is 639 g/mol. The number of rotatable bonds is 12. The first-order valence-corrected chi connectivity index (χ1v) is 16.1. The fourth-order valence-electron chi connectivity index (χ4n) is 4.80.